The molecule has 1 fully saturated rings. The van der Waals surface area contributed by atoms with Crippen LogP contribution in [0.15, 0.2) is 0 Å². The van der Waals surface area contributed by atoms with Gasteiger partial charge in [0.25, 0.3) is 0 Å². The van der Waals surface area contributed by atoms with E-state index in [-0.39, 0.29) is 6.09 Å². The molecule has 0 atom stereocenters. The van der Waals surface area contributed by atoms with Gasteiger partial charge in [0.15, 0.2) is 0 Å². The molecule has 4 heteroatoms. The Morgan fingerprint density at radius 2 is 2.00 bits per heavy atom. The molecule has 1 rings (SSSR count). The highest BCUT2D eigenvalue weighted by Crippen LogP contribution is 2.30. The van der Waals surface area contributed by atoms with Crippen LogP contribution in [-0.2, 0) is 4.74 Å². The van der Waals surface area contributed by atoms with Crippen LogP contribution in [0, 0.1) is 5.92 Å². The molecule has 0 heterocycles. The van der Waals surface area contributed by atoms with Crippen LogP contribution in [0.2, 0.25) is 0 Å². The Bertz CT molecular complexity index is 229. The molecule has 1 aliphatic carbocycles. The Labute approximate surface area is 91.8 Å². The standard InChI is InChI=1S/C11H22N2O2/c1-11(2,3)15-10(14)13(4)9-5-8(6-9)7-12/h8-9H,5-7,12H2,1-4H3. The van der Waals surface area contributed by atoms with Gasteiger partial charge in [0.05, 0.1) is 0 Å². The van der Waals surface area contributed by atoms with Gasteiger partial charge in [0.2, 0.25) is 0 Å². The molecule has 88 valence electrons. The lowest BCUT2D eigenvalue weighted by atomic mass is 9.80. The molecule has 0 aliphatic heterocycles. The second-order valence-corrected chi connectivity index (χ2v) is 5.32. The zero-order chi connectivity index (χ0) is 11.6. The predicted molar refractivity (Wildman–Crippen MR) is 59.6 cm³/mol. The minimum absolute atomic E-state index is 0.233. The highest BCUT2D eigenvalue weighted by atomic mass is 16.6. The van der Waals surface area contributed by atoms with Crippen molar-refractivity contribution in [3.8, 4) is 0 Å². The maximum absolute atomic E-state index is 11.7. The Balaban J connectivity index is 2.35. The highest BCUT2D eigenvalue weighted by molar-refractivity contribution is 5.68. The van der Waals surface area contributed by atoms with E-state index in [1.807, 2.05) is 20.8 Å². The molecule has 0 radical (unpaired) electrons. The van der Waals surface area contributed by atoms with Gasteiger partial charge in [-0.2, -0.15) is 0 Å². The zero-order valence-corrected chi connectivity index (χ0v) is 10.1. The summed E-state index contributed by atoms with van der Waals surface area (Å²) in [5, 5.41) is 0. The number of hydrogen-bond donors (Lipinski definition) is 1. The SMILES string of the molecule is CN(C(=O)OC(C)(C)C)C1CC(CN)C1. The smallest absolute Gasteiger partial charge is 0.410 e. The van der Waals surface area contributed by atoms with Crippen LogP contribution < -0.4 is 5.73 Å². The fourth-order valence-corrected chi connectivity index (χ4v) is 1.69. The zero-order valence-electron chi connectivity index (χ0n) is 10.1. The number of amides is 1. The van der Waals surface area contributed by atoms with Crippen molar-refractivity contribution >= 4 is 6.09 Å². The molecule has 0 saturated heterocycles. The van der Waals surface area contributed by atoms with Gasteiger partial charge in [-0.1, -0.05) is 0 Å². The monoisotopic (exact) mass is 214 g/mol. The lowest BCUT2D eigenvalue weighted by molar-refractivity contribution is 0.00734. The molecule has 0 bridgehead atoms. The molecule has 0 unspecified atom stereocenters. The van der Waals surface area contributed by atoms with Crippen LogP contribution in [0.5, 0.6) is 0 Å². The minimum atomic E-state index is -0.414. The largest absolute Gasteiger partial charge is 0.444 e. The number of nitrogens with zero attached hydrogens (tertiary/aromatic N) is 1. The average molecular weight is 214 g/mol. The van der Waals surface area contributed by atoms with E-state index < -0.39 is 5.60 Å². The van der Waals surface area contributed by atoms with Crippen molar-refractivity contribution in [1.29, 1.82) is 0 Å². The van der Waals surface area contributed by atoms with E-state index in [1.165, 1.54) is 0 Å². The molecule has 1 aliphatic rings. The molecular formula is C11H22N2O2. The van der Waals surface area contributed by atoms with E-state index in [1.54, 1.807) is 11.9 Å². The summed E-state index contributed by atoms with van der Waals surface area (Å²) in [5.74, 6) is 0.583. The lowest BCUT2D eigenvalue weighted by Gasteiger charge is -2.40. The van der Waals surface area contributed by atoms with Gasteiger partial charge in [-0.15, -0.1) is 0 Å². The molecule has 1 amide bonds. The molecule has 0 aromatic carbocycles. The first kappa shape index (κ1) is 12.3. The van der Waals surface area contributed by atoms with Crippen molar-refractivity contribution in [2.75, 3.05) is 13.6 Å². The van der Waals surface area contributed by atoms with Crippen molar-refractivity contribution in [2.45, 2.75) is 45.3 Å². The molecule has 0 aromatic rings. The van der Waals surface area contributed by atoms with Gasteiger partial charge in [-0.25, -0.2) is 4.79 Å². The van der Waals surface area contributed by atoms with Crippen LogP contribution in [0.25, 0.3) is 0 Å². The first-order valence-corrected chi connectivity index (χ1v) is 5.49. The number of nitrogens with two attached hydrogens (primary N) is 1. The van der Waals surface area contributed by atoms with Gasteiger partial charge in [-0.05, 0) is 46.1 Å². The third kappa shape index (κ3) is 3.38. The van der Waals surface area contributed by atoms with E-state index in [4.69, 9.17) is 10.5 Å². The quantitative estimate of drug-likeness (QED) is 0.759. The van der Waals surface area contributed by atoms with Crippen molar-refractivity contribution in [3.63, 3.8) is 0 Å². The van der Waals surface area contributed by atoms with Gasteiger partial charge < -0.3 is 15.4 Å². The Kier molecular flexibility index (Phi) is 3.60. The van der Waals surface area contributed by atoms with Crippen LogP contribution in [0.1, 0.15) is 33.6 Å². The second-order valence-electron chi connectivity index (χ2n) is 5.32. The summed E-state index contributed by atoms with van der Waals surface area (Å²) in [5.41, 5.74) is 5.13. The summed E-state index contributed by atoms with van der Waals surface area (Å²) in [6.07, 6.45) is 1.78. The Morgan fingerprint density at radius 1 is 1.47 bits per heavy atom. The van der Waals surface area contributed by atoms with Crippen LogP contribution in [0.4, 0.5) is 4.79 Å². The highest BCUT2D eigenvalue weighted by Gasteiger charge is 2.34. The van der Waals surface area contributed by atoms with E-state index in [0.29, 0.717) is 12.0 Å². The molecular weight excluding hydrogens is 192 g/mol. The first-order valence-electron chi connectivity index (χ1n) is 5.49. The van der Waals surface area contributed by atoms with Gasteiger partial charge in [0.1, 0.15) is 5.60 Å². The number of hydrogen-bond acceptors (Lipinski definition) is 3. The average Bonchev–Trinajstić information content (AvgIpc) is 1.98. The normalized spacial score (nSPS) is 25.7. The summed E-state index contributed by atoms with van der Waals surface area (Å²) < 4.78 is 5.28. The van der Waals surface area contributed by atoms with Crippen molar-refractivity contribution in [1.82, 2.24) is 4.90 Å². The molecule has 0 spiro atoms. The van der Waals surface area contributed by atoms with Crippen molar-refractivity contribution < 1.29 is 9.53 Å². The molecule has 2 N–H and O–H groups in total. The predicted octanol–water partition coefficient (Wildman–Crippen LogP) is 1.59. The molecule has 15 heavy (non-hydrogen) atoms. The maximum atomic E-state index is 11.7. The summed E-state index contributed by atoms with van der Waals surface area (Å²) in [7, 11) is 1.80. The first-order chi connectivity index (χ1) is 6.83. The van der Waals surface area contributed by atoms with Crippen molar-refractivity contribution in [3.05, 3.63) is 0 Å². The third-order valence-corrected chi connectivity index (χ3v) is 2.77. The Morgan fingerprint density at radius 3 is 2.40 bits per heavy atom. The molecule has 0 aromatic heterocycles. The van der Waals surface area contributed by atoms with Crippen LogP contribution >= 0.6 is 0 Å². The van der Waals surface area contributed by atoms with E-state index in [9.17, 15) is 4.79 Å². The maximum Gasteiger partial charge on any atom is 0.410 e. The van der Waals surface area contributed by atoms with Crippen LogP contribution in [-0.4, -0.2) is 36.2 Å². The summed E-state index contributed by atoms with van der Waals surface area (Å²) in [6, 6.07) is 0.313. The van der Waals surface area contributed by atoms with Gasteiger partial charge in [0, 0.05) is 13.1 Å². The summed E-state index contributed by atoms with van der Waals surface area (Å²) in [4.78, 5) is 13.4. The van der Waals surface area contributed by atoms with Gasteiger partial charge >= 0.3 is 6.09 Å². The van der Waals surface area contributed by atoms with E-state index in [2.05, 4.69) is 0 Å². The second kappa shape index (κ2) is 4.39. The number of rotatable bonds is 2. The van der Waals surface area contributed by atoms with Crippen molar-refractivity contribution in [2.24, 2.45) is 11.7 Å². The number of ether oxygens (including phenoxy) is 1. The lowest BCUT2D eigenvalue weighted by Crippen LogP contribution is -2.48. The third-order valence-electron chi connectivity index (χ3n) is 2.77. The topological polar surface area (TPSA) is 55.6 Å². The van der Waals surface area contributed by atoms with Crippen LogP contribution in [0.3, 0.4) is 0 Å². The minimum Gasteiger partial charge on any atom is -0.444 e. The fraction of sp³-hybridized carbons (Fsp3) is 0.909. The number of carbonyl (C=O) groups excluding carboxylic acids is 1. The van der Waals surface area contributed by atoms with Gasteiger partial charge in [-0.3, -0.25) is 0 Å². The summed E-state index contributed by atoms with van der Waals surface area (Å²) >= 11 is 0. The summed E-state index contributed by atoms with van der Waals surface area (Å²) in [6.45, 7) is 6.35. The Hall–Kier alpha value is -0.770. The molecule has 4 nitrogen and oxygen atoms in total. The van der Waals surface area contributed by atoms with E-state index in [0.717, 1.165) is 19.4 Å². The number of carbonyl (C=O) groups is 1. The van der Waals surface area contributed by atoms with E-state index >= 15 is 0 Å². The molecule has 1 saturated carbocycles. The fourth-order valence-electron chi connectivity index (χ4n) is 1.69.